The number of nitrogens with two attached hydrogens (primary N) is 1. The summed E-state index contributed by atoms with van der Waals surface area (Å²) in [6, 6.07) is 14.9. The Hall–Kier alpha value is -1.68. The highest BCUT2D eigenvalue weighted by Gasteiger charge is 2.21. The second-order valence-electron chi connectivity index (χ2n) is 16.6. The summed E-state index contributed by atoms with van der Waals surface area (Å²) in [5.41, 5.74) is 14.9. The summed E-state index contributed by atoms with van der Waals surface area (Å²) >= 11 is 0. The van der Waals surface area contributed by atoms with Crippen molar-refractivity contribution in [3.63, 3.8) is 0 Å². The van der Waals surface area contributed by atoms with Crippen LogP contribution in [0.25, 0.3) is 0 Å². The van der Waals surface area contributed by atoms with Gasteiger partial charge < -0.3 is 16.4 Å². The molecule has 45 heavy (non-hydrogen) atoms. The van der Waals surface area contributed by atoms with Gasteiger partial charge in [-0.05, 0) is 154 Å². The predicted octanol–water partition coefficient (Wildman–Crippen LogP) is 9.73. The molecule has 1 saturated carbocycles. The summed E-state index contributed by atoms with van der Waals surface area (Å²) in [7, 11) is 0. The molecule has 1 aliphatic rings. The average molecular weight is 618 g/mol. The Bertz CT molecular complexity index is 1040. The molecule has 3 rings (SSSR count). The molecule has 4 N–H and O–H groups in total. The molecule has 0 amide bonds. The minimum atomic E-state index is 0.204. The van der Waals surface area contributed by atoms with Crippen LogP contribution in [0, 0.1) is 25.7 Å². The monoisotopic (exact) mass is 618 g/mol. The van der Waals surface area contributed by atoms with Crippen molar-refractivity contribution in [1.29, 1.82) is 0 Å². The molecular formula is C42H71N3. The molecule has 1 fully saturated rings. The molecule has 0 aliphatic heterocycles. The molecule has 0 aromatic heterocycles. The first kappa shape index (κ1) is 37.8. The summed E-state index contributed by atoms with van der Waals surface area (Å²) in [5, 5.41) is 7.67. The predicted molar refractivity (Wildman–Crippen MR) is 199 cm³/mol. The third-order valence-electron chi connectivity index (χ3n) is 10.7. The number of rotatable bonds is 18. The first-order valence-corrected chi connectivity index (χ1v) is 18.7. The van der Waals surface area contributed by atoms with E-state index in [4.69, 9.17) is 5.73 Å². The number of hydrogen-bond donors (Lipinski definition) is 3. The molecule has 0 heterocycles. The van der Waals surface area contributed by atoms with Crippen molar-refractivity contribution < 1.29 is 0 Å². The first-order valence-electron chi connectivity index (χ1n) is 18.7. The van der Waals surface area contributed by atoms with E-state index < -0.39 is 0 Å². The Kier molecular flexibility index (Phi) is 15.6. The Morgan fingerprint density at radius 1 is 0.667 bits per heavy atom. The van der Waals surface area contributed by atoms with Crippen molar-refractivity contribution in [2.75, 3.05) is 26.2 Å². The Morgan fingerprint density at radius 2 is 1.13 bits per heavy atom. The fraction of sp³-hybridized carbons (Fsp3) is 0.714. The molecule has 2 aromatic carbocycles. The van der Waals surface area contributed by atoms with Gasteiger partial charge in [-0.1, -0.05) is 104 Å². The highest BCUT2D eigenvalue weighted by molar-refractivity contribution is 5.35. The fourth-order valence-electron chi connectivity index (χ4n) is 7.20. The summed E-state index contributed by atoms with van der Waals surface area (Å²) in [5.74, 6) is 1.83. The maximum absolute atomic E-state index is 5.62. The van der Waals surface area contributed by atoms with Gasteiger partial charge in [-0.2, -0.15) is 0 Å². The third kappa shape index (κ3) is 13.5. The summed E-state index contributed by atoms with van der Waals surface area (Å²) in [6.07, 6.45) is 16.9. The summed E-state index contributed by atoms with van der Waals surface area (Å²) in [6.45, 7) is 22.8. The third-order valence-corrected chi connectivity index (χ3v) is 10.7. The molecule has 254 valence electrons. The average Bonchev–Trinajstić information content (AvgIpc) is 2.98. The molecule has 3 heteroatoms. The van der Waals surface area contributed by atoms with E-state index in [1.165, 1.54) is 112 Å². The van der Waals surface area contributed by atoms with E-state index in [9.17, 15) is 0 Å². The number of aryl methyl sites for hydroxylation is 4. The zero-order valence-corrected chi connectivity index (χ0v) is 30.8. The van der Waals surface area contributed by atoms with Crippen LogP contribution >= 0.6 is 0 Å². The van der Waals surface area contributed by atoms with Gasteiger partial charge in [-0.3, -0.25) is 0 Å². The van der Waals surface area contributed by atoms with Crippen LogP contribution in [0.4, 0.5) is 0 Å². The number of hydrogen-bond acceptors (Lipinski definition) is 3. The lowest BCUT2D eigenvalue weighted by atomic mass is 9.79. The van der Waals surface area contributed by atoms with Crippen LogP contribution in [-0.4, -0.2) is 32.2 Å². The standard InChI is InChI=1S/C42H71N3/c1-32-16-22-38(41(3,4)5)30-36(32)12-9-14-40(15-10-13-37-31-39(42(6,7)8)23-17-33(37)2)45-29-25-35-20-18-34(19-21-35)24-28-44-27-11-26-43/h16-17,22-23,30-31,34-35,40,44-45H,9-15,18-21,24-29,43H2,1-8H3. The lowest BCUT2D eigenvalue weighted by Crippen LogP contribution is -2.32. The van der Waals surface area contributed by atoms with Crippen molar-refractivity contribution in [2.45, 2.75) is 156 Å². The van der Waals surface area contributed by atoms with Crippen LogP contribution in [0.1, 0.15) is 146 Å². The number of benzene rings is 2. The Labute approximate surface area is 279 Å². The Morgan fingerprint density at radius 3 is 1.58 bits per heavy atom. The van der Waals surface area contributed by atoms with Crippen molar-refractivity contribution in [3.8, 4) is 0 Å². The first-order chi connectivity index (χ1) is 21.4. The van der Waals surface area contributed by atoms with E-state index in [-0.39, 0.29) is 10.8 Å². The molecule has 0 saturated heterocycles. The molecule has 0 unspecified atom stereocenters. The molecule has 0 atom stereocenters. The van der Waals surface area contributed by atoms with Gasteiger partial charge >= 0.3 is 0 Å². The van der Waals surface area contributed by atoms with Gasteiger partial charge in [0.25, 0.3) is 0 Å². The van der Waals surface area contributed by atoms with Crippen molar-refractivity contribution in [3.05, 3.63) is 69.8 Å². The normalized spacial score (nSPS) is 17.7. The smallest absolute Gasteiger partial charge is 0.00672 e. The minimum absolute atomic E-state index is 0.204. The van der Waals surface area contributed by atoms with Crippen LogP contribution in [0.2, 0.25) is 0 Å². The maximum Gasteiger partial charge on any atom is 0.00672 e. The van der Waals surface area contributed by atoms with E-state index in [1.54, 1.807) is 11.1 Å². The van der Waals surface area contributed by atoms with E-state index >= 15 is 0 Å². The van der Waals surface area contributed by atoms with E-state index in [0.29, 0.717) is 6.04 Å². The largest absolute Gasteiger partial charge is 0.330 e. The van der Waals surface area contributed by atoms with Crippen LogP contribution in [-0.2, 0) is 23.7 Å². The van der Waals surface area contributed by atoms with Gasteiger partial charge in [0.2, 0.25) is 0 Å². The van der Waals surface area contributed by atoms with Gasteiger partial charge in [0, 0.05) is 6.04 Å². The van der Waals surface area contributed by atoms with Gasteiger partial charge in [0.05, 0.1) is 0 Å². The quantitative estimate of drug-likeness (QED) is 0.146. The Balaban J connectivity index is 1.51. The topological polar surface area (TPSA) is 50.1 Å². The van der Waals surface area contributed by atoms with Crippen LogP contribution < -0.4 is 16.4 Å². The molecule has 1 aliphatic carbocycles. The molecule has 0 spiro atoms. The minimum Gasteiger partial charge on any atom is -0.330 e. The van der Waals surface area contributed by atoms with Gasteiger partial charge in [0.1, 0.15) is 0 Å². The maximum atomic E-state index is 5.62. The zero-order chi connectivity index (χ0) is 32.9. The zero-order valence-electron chi connectivity index (χ0n) is 30.8. The summed E-state index contributed by atoms with van der Waals surface area (Å²) in [4.78, 5) is 0. The highest BCUT2D eigenvalue weighted by atomic mass is 14.9. The fourth-order valence-corrected chi connectivity index (χ4v) is 7.20. The van der Waals surface area contributed by atoms with E-state index in [1.807, 2.05) is 0 Å². The molecular weight excluding hydrogens is 546 g/mol. The SMILES string of the molecule is Cc1ccc(C(C)(C)C)cc1CCCC(CCCc1cc(C(C)(C)C)ccc1C)NCCC1CCC(CCNCCCN)CC1. The molecule has 0 radical (unpaired) electrons. The second-order valence-corrected chi connectivity index (χ2v) is 16.6. The van der Waals surface area contributed by atoms with Gasteiger partial charge in [-0.15, -0.1) is 0 Å². The van der Waals surface area contributed by atoms with Crippen LogP contribution in [0.15, 0.2) is 36.4 Å². The van der Waals surface area contributed by atoms with Crippen molar-refractivity contribution in [1.82, 2.24) is 10.6 Å². The van der Waals surface area contributed by atoms with Gasteiger partial charge in [-0.25, -0.2) is 0 Å². The van der Waals surface area contributed by atoms with Crippen LogP contribution in [0.3, 0.4) is 0 Å². The molecule has 0 bridgehead atoms. The lowest BCUT2D eigenvalue weighted by molar-refractivity contribution is 0.247. The molecule has 3 nitrogen and oxygen atoms in total. The lowest BCUT2D eigenvalue weighted by Gasteiger charge is -2.29. The van der Waals surface area contributed by atoms with Crippen molar-refractivity contribution in [2.24, 2.45) is 17.6 Å². The summed E-state index contributed by atoms with van der Waals surface area (Å²) < 4.78 is 0. The van der Waals surface area contributed by atoms with Crippen molar-refractivity contribution >= 4 is 0 Å². The molecule has 2 aromatic rings. The second kappa shape index (κ2) is 18.6. The number of nitrogens with one attached hydrogen (secondary N) is 2. The highest BCUT2D eigenvalue weighted by Crippen LogP contribution is 2.32. The van der Waals surface area contributed by atoms with Crippen LogP contribution in [0.5, 0.6) is 0 Å². The van der Waals surface area contributed by atoms with Gasteiger partial charge in [0.15, 0.2) is 0 Å². The van der Waals surface area contributed by atoms with E-state index in [0.717, 1.165) is 31.3 Å². The van der Waals surface area contributed by atoms with E-state index in [2.05, 4.69) is 102 Å².